The first-order valence-electron chi connectivity index (χ1n) is 7.17. The first-order valence-corrected chi connectivity index (χ1v) is 7.17. The van der Waals surface area contributed by atoms with Gasteiger partial charge < -0.3 is 5.73 Å². The van der Waals surface area contributed by atoms with Crippen LogP contribution in [0.3, 0.4) is 0 Å². The number of anilines is 1. The Bertz CT molecular complexity index is 887. The van der Waals surface area contributed by atoms with Crippen LogP contribution in [0, 0.1) is 25.2 Å². The molecule has 0 bridgehead atoms. The van der Waals surface area contributed by atoms with Gasteiger partial charge in [-0.1, -0.05) is 30.3 Å². The molecule has 0 spiro atoms. The second-order valence-corrected chi connectivity index (χ2v) is 5.33. The summed E-state index contributed by atoms with van der Waals surface area (Å²) in [6, 6.07) is 15.8. The lowest BCUT2D eigenvalue weighted by atomic mass is 9.96. The molecule has 0 aliphatic heterocycles. The Morgan fingerprint density at radius 3 is 2.17 bits per heavy atom. The molecule has 23 heavy (non-hydrogen) atoms. The average molecular weight is 301 g/mol. The molecule has 0 aliphatic carbocycles. The second-order valence-electron chi connectivity index (χ2n) is 5.33. The van der Waals surface area contributed by atoms with E-state index in [0.717, 1.165) is 22.3 Å². The third-order valence-corrected chi connectivity index (χ3v) is 3.67. The van der Waals surface area contributed by atoms with E-state index in [9.17, 15) is 5.26 Å². The minimum Gasteiger partial charge on any atom is -0.366 e. The minimum absolute atomic E-state index is 0.134. The number of aryl methyl sites for hydroxylation is 2. The number of nitriles is 1. The molecule has 0 saturated carbocycles. The molecule has 0 radical (unpaired) electrons. The van der Waals surface area contributed by atoms with Crippen molar-refractivity contribution in [3.8, 4) is 28.6 Å². The van der Waals surface area contributed by atoms with E-state index < -0.39 is 0 Å². The van der Waals surface area contributed by atoms with Crippen molar-refractivity contribution in [1.82, 2.24) is 15.2 Å². The van der Waals surface area contributed by atoms with E-state index in [-0.39, 0.29) is 5.95 Å². The summed E-state index contributed by atoms with van der Waals surface area (Å²) >= 11 is 0. The van der Waals surface area contributed by atoms with Crippen molar-refractivity contribution >= 4 is 5.95 Å². The van der Waals surface area contributed by atoms with Crippen LogP contribution < -0.4 is 5.73 Å². The van der Waals surface area contributed by atoms with E-state index in [4.69, 9.17) is 5.73 Å². The maximum atomic E-state index is 9.22. The number of rotatable bonds is 2. The normalized spacial score (nSPS) is 10.3. The predicted octanol–water partition coefficient (Wildman–Crippen LogP) is 3.28. The summed E-state index contributed by atoms with van der Waals surface area (Å²) in [5.41, 5.74) is 11.3. The summed E-state index contributed by atoms with van der Waals surface area (Å²) in [4.78, 5) is 4.36. The lowest BCUT2D eigenvalue weighted by Crippen LogP contribution is -2.03. The van der Waals surface area contributed by atoms with E-state index in [0.29, 0.717) is 17.0 Å². The third-order valence-electron chi connectivity index (χ3n) is 3.67. The number of nitrogen functional groups attached to an aromatic ring is 1. The highest BCUT2D eigenvalue weighted by molar-refractivity contribution is 5.79. The van der Waals surface area contributed by atoms with Crippen LogP contribution in [-0.2, 0) is 0 Å². The quantitative estimate of drug-likeness (QED) is 0.784. The van der Waals surface area contributed by atoms with E-state index >= 15 is 0 Å². The summed E-state index contributed by atoms with van der Waals surface area (Å²) in [6.45, 7) is 3.82. The molecule has 0 saturated heterocycles. The standard InChI is InChI=1S/C18H15N5/c1-11-8-14(9-12(2)15(11)10-19)17-16(21-18(20)23-22-17)13-6-4-3-5-7-13/h3-9H,1-2H3,(H2,20,21,23). The maximum absolute atomic E-state index is 9.22. The Balaban J connectivity index is 2.24. The van der Waals surface area contributed by atoms with Gasteiger partial charge in [0.1, 0.15) is 11.4 Å². The lowest BCUT2D eigenvalue weighted by molar-refractivity contribution is 0.996. The minimum atomic E-state index is 0.134. The van der Waals surface area contributed by atoms with Crippen molar-refractivity contribution in [2.75, 3.05) is 5.73 Å². The summed E-state index contributed by atoms with van der Waals surface area (Å²) in [5.74, 6) is 0.134. The third kappa shape index (κ3) is 2.74. The van der Waals surface area contributed by atoms with Gasteiger partial charge in [0.05, 0.1) is 11.6 Å². The maximum Gasteiger partial charge on any atom is 0.240 e. The molecule has 0 unspecified atom stereocenters. The van der Waals surface area contributed by atoms with E-state index in [1.54, 1.807) is 0 Å². The zero-order valence-electron chi connectivity index (χ0n) is 12.9. The number of nitrogens with zero attached hydrogens (tertiary/aromatic N) is 4. The molecule has 2 aromatic carbocycles. The van der Waals surface area contributed by atoms with Gasteiger partial charge in [0.15, 0.2) is 0 Å². The molecular weight excluding hydrogens is 286 g/mol. The molecule has 1 heterocycles. The van der Waals surface area contributed by atoms with Crippen molar-refractivity contribution in [3.63, 3.8) is 0 Å². The monoisotopic (exact) mass is 301 g/mol. The Morgan fingerprint density at radius 2 is 1.57 bits per heavy atom. The number of hydrogen-bond donors (Lipinski definition) is 1. The average Bonchev–Trinajstić information content (AvgIpc) is 2.55. The van der Waals surface area contributed by atoms with Gasteiger partial charge in [-0.25, -0.2) is 4.98 Å². The summed E-state index contributed by atoms with van der Waals surface area (Å²) in [7, 11) is 0. The van der Waals surface area contributed by atoms with Gasteiger partial charge in [-0.15, -0.1) is 10.2 Å². The van der Waals surface area contributed by atoms with Gasteiger partial charge in [0.2, 0.25) is 5.95 Å². The van der Waals surface area contributed by atoms with Gasteiger partial charge in [0, 0.05) is 11.1 Å². The van der Waals surface area contributed by atoms with Crippen LogP contribution in [0.4, 0.5) is 5.95 Å². The fourth-order valence-corrected chi connectivity index (χ4v) is 2.61. The number of nitrogens with two attached hydrogens (primary N) is 1. The number of benzene rings is 2. The topological polar surface area (TPSA) is 88.5 Å². The van der Waals surface area contributed by atoms with Crippen LogP contribution in [0.15, 0.2) is 42.5 Å². The Kier molecular flexibility index (Phi) is 3.73. The summed E-state index contributed by atoms with van der Waals surface area (Å²) in [5, 5.41) is 17.4. The molecule has 112 valence electrons. The molecule has 2 N–H and O–H groups in total. The molecule has 5 nitrogen and oxygen atoms in total. The predicted molar refractivity (Wildman–Crippen MR) is 89.3 cm³/mol. The van der Waals surface area contributed by atoms with Gasteiger partial charge in [-0.05, 0) is 37.1 Å². The molecule has 1 aromatic heterocycles. The molecule has 5 heteroatoms. The van der Waals surface area contributed by atoms with E-state index in [2.05, 4.69) is 21.3 Å². The zero-order chi connectivity index (χ0) is 16.4. The fraction of sp³-hybridized carbons (Fsp3) is 0.111. The van der Waals surface area contributed by atoms with E-state index in [1.807, 2.05) is 56.3 Å². The summed E-state index contributed by atoms with van der Waals surface area (Å²) < 4.78 is 0. The molecular formula is C18H15N5. The van der Waals surface area contributed by atoms with Crippen molar-refractivity contribution in [2.45, 2.75) is 13.8 Å². The smallest absolute Gasteiger partial charge is 0.240 e. The Labute approximate surface area is 134 Å². The SMILES string of the molecule is Cc1cc(-c2nnc(N)nc2-c2ccccc2)cc(C)c1C#N. The summed E-state index contributed by atoms with van der Waals surface area (Å²) in [6.07, 6.45) is 0. The second kappa shape index (κ2) is 5.85. The Hall–Kier alpha value is -3.26. The first-order chi connectivity index (χ1) is 11.1. The fourth-order valence-electron chi connectivity index (χ4n) is 2.61. The highest BCUT2D eigenvalue weighted by Gasteiger charge is 2.14. The van der Waals surface area contributed by atoms with Crippen LogP contribution in [-0.4, -0.2) is 15.2 Å². The largest absolute Gasteiger partial charge is 0.366 e. The zero-order valence-corrected chi connectivity index (χ0v) is 12.9. The lowest BCUT2D eigenvalue weighted by Gasteiger charge is -2.11. The molecule has 0 aliphatic rings. The number of aromatic nitrogens is 3. The highest BCUT2D eigenvalue weighted by atomic mass is 15.2. The van der Waals surface area contributed by atoms with Gasteiger partial charge in [-0.2, -0.15) is 5.26 Å². The van der Waals surface area contributed by atoms with Crippen LogP contribution in [0.5, 0.6) is 0 Å². The Morgan fingerprint density at radius 1 is 0.913 bits per heavy atom. The first kappa shape index (κ1) is 14.7. The molecule has 0 fully saturated rings. The van der Waals surface area contributed by atoms with Crippen molar-refractivity contribution < 1.29 is 0 Å². The van der Waals surface area contributed by atoms with Gasteiger partial charge >= 0.3 is 0 Å². The highest BCUT2D eigenvalue weighted by Crippen LogP contribution is 2.30. The molecule has 0 amide bonds. The van der Waals surface area contributed by atoms with Crippen LogP contribution in [0.25, 0.3) is 22.5 Å². The number of hydrogen-bond acceptors (Lipinski definition) is 5. The van der Waals surface area contributed by atoms with Crippen molar-refractivity contribution in [1.29, 1.82) is 5.26 Å². The van der Waals surface area contributed by atoms with Gasteiger partial charge in [-0.3, -0.25) is 0 Å². The molecule has 3 aromatic rings. The van der Waals surface area contributed by atoms with Gasteiger partial charge in [0.25, 0.3) is 0 Å². The van der Waals surface area contributed by atoms with Crippen molar-refractivity contribution in [3.05, 3.63) is 59.2 Å². The molecule has 3 rings (SSSR count). The van der Waals surface area contributed by atoms with Crippen molar-refractivity contribution in [2.24, 2.45) is 0 Å². The van der Waals surface area contributed by atoms with Crippen LogP contribution >= 0.6 is 0 Å². The van der Waals surface area contributed by atoms with E-state index in [1.165, 1.54) is 0 Å². The van der Waals surface area contributed by atoms with Crippen LogP contribution in [0.2, 0.25) is 0 Å². The molecule has 0 atom stereocenters. The van der Waals surface area contributed by atoms with Crippen LogP contribution in [0.1, 0.15) is 16.7 Å².